The molecule has 1 atom stereocenters. The topological polar surface area (TPSA) is 72.9 Å². The van der Waals surface area contributed by atoms with Gasteiger partial charge in [0.15, 0.2) is 0 Å². The predicted octanol–water partition coefficient (Wildman–Crippen LogP) is 2.75. The van der Waals surface area contributed by atoms with Gasteiger partial charge in [-0.2, -0.15) is 0 Å². The van der Waals surface area contributed by atoms with Crippen molar-refractivity contribution in [2.45, 2.75) is 16.3 Å². The number of carbonyl (C=O) groups is 1. The number of benzene rings is 3. The number of fused-ring (bicyclic) bond motifs is 2. The first-order chi connectivity index (χ1) is 14.6. The molecule has 2 aliphatic heterocycles. The molecule has 0 spiro atoms. The third kappa shape index (κ3) is 3.17. The van der Waals surface area contributed by atoms with Crippen LogP contribution in [0.1, 0.15) is 22.0 Å². The van der Waals surface area contributed by atoms with E-state index >= 15 is 0 Å². The van der Waals surface area contributed by atoms with E-state index in [4.69, 9.17) is 9.47 Å². The maximum absolute atomic E-state index is 13.3. The Kier molecular flexibility index (Phi) is 4.77. The van der Waals surface area contributed by atoms with Crippen molar-refractivity contribution in [1.29, 1.82) is 0 Å². The molecule has 3 aromatic carbocycles. The molecule has 1 unspecified atom stereocenters. The third-order valence-corrected chi connectivity index (χ3v) is 9.20. The Bertz CT molecular complexity index is 1230. The number of amides is 1. The molecule has 0 saturated heterocycles. The molecule has 1 amide bonds. The molecule has 2 heterocycles. The number of hydrogen-bond acceptors (Lipinski definition) is 5. The fraction of sp³-hybridized carbons (Fsp3) is 0.136. The Morgan fingerprint density at radius 1 is 0.933 bits per heavy atom. The summed E-state index contributed by atoms with van der Waals surface area (Å²) < 4.78 is 39.7. The van der Waals surface area contributed by atoms with Gasteiger partial charge in [-0.25, -0.2) is 0 Å². The molecule has 0 bridgehead atoms. The Morgan fingerprint density at radius 2 is 1.67 bits per heavy atom. The van der Waals surface area contributed by atoms with Crippen LogP contribution in [0.25, 0.3) is 0 Å². The fourth-order valence-corrected chi connectivity index (χ4v) is 7.76. The molecule has 152 valence electrons. The minimum atomic E-state index is -3.94. The Labute approximate surface area is 180 Å². The Balaban J connectivity index is 1.57. The molecule has 0 saturated carbocycles. The summed E-state index contributed by atoms with van der Waals surface area (Å²) in [7, 11) is -3.94. The van der Waals surface area contributed by atoms with Gasteiger partial charge in [-0.05, 0) is 0 Å². The number of ether oxygens (including phenoxy) is 2. The zero-order valence-corrected chi connectivity index (χ0v) is 18.3. The van der Waals surface area contributed by atoms with Crippen LogP contribution in [0.4, 0.5) is 0 Å². The van der Waals surface area contributed by atoms with Crippen molar-refractivity contribution in [2.24, 2.45) is 0 Å². The van der Waals surface area contributed by atoms with Gasteiger partial charge in [0.1, 0.15) is 0 Å². The van der Waals surface area contributed by atoms with Crippen LogP contribution in [-0.4, -0.2) is 40.4 Å². The quantitative estimate of drug-likeness (QED) is 0.519. The van der Waals surface area contributed by atoms with Gasteiger partial charge in [0, 0.05) is 0 Å². The van der Waals surface area contributed by atoms with Crippen LogP contribution in [0.3, 0.4) is 0 Å². The number of carbonyl (C=O) groups excluding carboxylic acids is 1. The van der Waals surface area contributed by atoms with Crippen molar-refractivity contribution in [3.8, 4) is 11.5 Å². The van der Waals surface area contributed by atoms with Gasteiger partial charge in [-0.1, -0.05) is 0 Å². The zero-order valence-electron chi connectivity index (χ0n) is 15.7. The molecule has 2 aliphatic rings. The first kappa shape index (κ1) is 19.2. The van der Waals surface area contributed by atoms with Gasteiger partial charge in [0.2, 0.25) is 0 Å². The van der Waals surface area contributed by atoms with E-state index in [1.807, 2.05) is 36.4 Å². The molecule has 5 rings (SSSR count). The van der Waals surface area contributed by atoms with Crippen LogP contribution in [0, 0.1) is 0 Å². The molecular weight excluding hydrogens is 469 g/mol. The second kappa shape index (κ2) is 7.47. The van der Waals surface area contributed by atoms with E-state index in [0.29, 0.717) is 22.4 Å². The SMILES string of the molecule is O=C1c2ccccc2S(=O)(=O)N1C(C[Se]c1ccccc1)c1ccc2c(c1)OCO2. The van der Waals surface area contributed by atoms with Gasteiger partial charge in [-0.3, -0.25) is 0 Å². The summed E-state index contributed by atoms with van der Waals surface area (Å²) in [5.41, 5.74) is 0.928. The van der Waals surface area contributed by atoms with Crippen molar-refractivity contribution in [3.63, 3.8) is 0 Å². The summed E-state index contributed by atoms with van der Waals surface area (Å²) in [6.07, 6.45) is 0. The van der Waals surface area contributed by atoms with Crippen molar-refractivity contribution >= 4 is 35.3 Å². The van der Waals surface area contributed by atoms with Crippen LogP contribution in [0.2, 0.25) is 5.32 Å². The number of hydrogen-bond donors (Lipinski definition) is 0. The summed E-state index contributed by atoms with van der Waals surface area (Å²) in [5, 5.41) is 0.510. The van der Waals surface area contributed by atoms with Crippen LogP contribution in [0.15, 0.2) is 77.7 Å². The second-order valence-electron chi connectivity index (χ2n) is 6.85. The third-order valence-electron chi connectivity index (χ3n) is 5.07. The maximum atomic E-state index is 13.3. The minimum absolute atomic E-state index is 0.0348. The van der Waals surface area contributed by atoms with E-state index in [2.05, 4.69) is 0 Å². The fourth-order valence-electron chi connectivity index (χ4n) is 3.62. The molecular formula is C22H17NO5SSe. The van der Waals surface area contributed by atoms with Gasteiger partial charge in [0.05, 0.1) is 0 Å². The van der Waals surface area contributed by atoms with Gasteiger partial charge in [-0.15, -0.1) is 0 Å². The summed E-state index contributed by atoms with van der Waals surface area (Å²) in [6, 6.07) is 21.0. The molecule has 0 N–H and O–H groups in total. The van der Waals surface area contributed by atoms with Gasteiger partial charge in [0.25, 0.3) is 0 Å². The van der Waals surface area contributed by atoms with Crippen LogP contribution in [0.5, 0.6) is 11.5 Å². The monoisotopic (exact) mass is 487 g/mol. The second-order valence-corrected chi connectivity index (χ2v) is 10.9. The van der Waals surface area contributed by atoms with E-state index < -0.39 is 22.0 Å². The van der Waals surface area contributed by atoms with E-state index in [1.165, 1.54) is 6.07 Å². The number of nitrogens with zero attached hydrogens (tertiary/aromatic N) is 1. The molecule has 30 heavy (non-hydrogen) atoms. The molecule has 3 aromatic rings. The first-order valence-corrected chi connectivity index (χ1v) is 12.8. The van der Waals surface area contributed by atoms with Crippen LogP contribution in [-0.2, 0) is 10.0 Å². The number of rotatable bonds is 5. The molecule has 0 aliphatic carbocycles. The van der Waals surface area contributed by atoms with Gasteiger partial charge < -0.3 is 0 Å². The number of sulfonamides is 1. The predicted molar refractivity (Wildman–Crippen MR) is 112 cm³/mol. The summed E-state index contributed by atoms with van der Waals surface area (Å²) in [5.74, 6) is 0.688. The average Bonchev–Trinajstić information content (AvgIpc) is 3.31. The van der Waals surface area contributed by atoms with E-state index in [9.17, 15) is 13.2 Å². The average molecular weight is 486 g/mol. The van der Waals surface area contributed by atoms with E-state index in [-0.39, 0.29) is 32.2 Å². The standard InChI is InChI=1S/C22H17NO5SSe/c24-22-17-8-4-5-9-21(17)29(25,26)23(22)18(13-30-16-6-2-1-3-7-16)15-10-11-19-20(12-15)28-14-27-19/h1-12,18H,13-14H2. The Hall–Kier alpha value is -2.80. The molecule has 0 aromatic heterocycles. The van der Waals surface area contributed by atoms with Crippen molar-refractivity contribution in [3.05, 3.63) is 83.9 Å². The Morgan fingerprint density at radius 3 is 2.47 bits per heavy atom. The molecule has 0 radical (unpaired) electrons. The zero-order chi connectivity index (χ0) is 20.7. The molecule has 0 fully saturated rings. The van der Waals surface area contributed by atoms with E-state index in [1.54, 1.807) is 30.3 Å². The molecule has 8 heteroatoms. The summed E-state index contributed by atoms with van der Waals surface area (Å²) >= 11 is -0.0348. The summed E-state index contributed by atoms with van der Waals surface area (Å²) in [6.45, 7) is 0.129. The van der Waals surface area contributed by atoms with Crippen LogP contribution >= 0.6 is 0 Å². The molecule has 6 nitrogen and oxygen atoms in total. The van der Waals surface area contributed by atoms with Crippen molar-refractivity contribution < 1.29 is 22.7 Å². The normalized spacial score (nSPS) is 17.1. The summed E-state index contributed by atoms with van der Waals surface area (Å²) in [4.78, 5) is 13.2. The van der Waals surface area contributed by atoms with Crippen molar-refractivity contribution in [1.82, 2.24) is 4.31 Å². The van der Waals surface area contributed by atoms with E-state index in [0.717, 1.165) is 8.77 Å². The van der Waals surface area contributed by atoms with Crippen LogP contribution < -0.4 is 13.9 Å². The van der Waals surface area contributed by atoms with Gasteiger partial charge >= 0.3 is 181 Å². The van der Waals surface area contributed by atoms with Crippen molar-refractivity contribution in [2.75, 3.05) is 6.79 Å². The first-order valence-electron chi connectivity index (χ1n) is 9.31.